The van der Waals surface area contributed by atoms with E-state index in [-0.39, 0.29) is 5.41 Å². The highest BCUT2D eigenvalue weighted by Gasteiger charge is 2.35. The van der Waals surface area contributed by atoms with Crippen molar-refractivity contribution >= 4 is 49.8 Å². The van der Waals surface area contributed by atoms with Gasteiger partial charge < -0.3 is 9.32 Å². The van der Waals surface area contributed by atoms with Crippen LogP contribution in [-0.4, -0.2) is 0 Å². The number of hydrogen-bond acceptors (Lipinski definition) is 2. The van der Waals surface area contributed by atoms with E-state index in [1.54, 1.807) is 0 Å². The van der Waals surface area contributed by atoms with E-state index in [0.29, 0.717) is 0 Å². The minimum Gasteiger partial charge on any atom is -0.455 e. The van der Waals surface area contributed by atoms with Crippen molar-refractivity contribution in [3.8, 4) is 22.3 Å². The first-order valence-electron chi connectivity index (χ1n) is 15.6. The van der Waals surface area contributed by atoms with Crippen molar-refractivity contribution in [2.24, 2.45) is 0 Å². The van der Waals surface area contributed by atoms with Crippen LogP contribution >= 0.6 is 0 Å². The number of furan rings is 1. The van der Waals surface area contributed by atoms with Gasteiger partial charge in [-0.2, -0.15) is 0 Å². The Labute approximate surface area is 262 Å². The molecule has 1 aliphatic rings. The Morgan fingerprint density at radius 1 is 0.444 bits per heavy atom. The summed E-state index contributed by atoms with van der Waals surface area (Å²) >= 11 is 0. The summed E-state index contributed by atoms with van der Waals surface area (Å²) in [4.78, 5) is 2.39. The van der Waals surface area contributed by atoms with Crippen molar-refractivity contribution in [1.82, 2.24) is 0 Å². The molecule has 9 rings (SSSR count). The quantitative estimate of drug-likeness (QED) is 0.207. The van der Waals surface area contributed by atoms with E-state index in [2.05, 4.69) is 170 Å². The van der Waals surface area contributed by atoms with E-state index in [1.807, 2.05) is 0 Å². The van der Waals surface area contributed by atoms with Crippen LogP contribution in [0.2, 0.25) is 0 Å². The van der Waals surface area contributed by atoms with Gasteiger partial charge in [0.05, 0.1) is 5.69 Å². The Balaban J connectivity index is 1.28. The highest BCUT2D eigenvalue weighted by atomic mass is 16.3. The molecule has 2 heteroatoms. The maximum absolute atomic E-state index is 6.80. The summed E-state index contributed by atoms with van der Waals surface area (Å²) in [5.74, 6) is 0. The second kappa shape index (κ2) is 9.70. The molecule has 0 saturated carbocycles. The predicted octanol–water partition coefficient (Wildman–Crippen LogP) is 12.2. The zero-order chi connectivity index (χ0) is 30.1. The fourth-order valence-electron chi connectivity index (χ4n) is 7.47. The van der Waals surface area contributed by atoms with Crippen LogP contribution in [0.4, 0.5) is 17.1 Å². The smallest absolute Gasteiger partial charge is 0.143 e. The van der Waals surface area contributed by atoms with Crippen LogP contribution in [0.5, 0.6) is 0 Å². The monoisotopic (exact) mass is 577 g/mol. The van der Waals surface area contributed by atoms with Crippen molar-refractivity contribution in [2.75, 3.05) is 4.90 Å². The lowest BCUT2D eigenvalue weighted by molar-refractivity contribution is 0.660. The molecule has 0 atom stereocenters. The summed E-state index contributed by atoms with van der Waals surface area (Å²) in [5.41, 5.74) is 12.7. The Bertz CT molecular complexity index is 2410. The summed E-state index contributed by atoms with van der Waals surface area (Å²) in [5, 5.41) is 4.59. The second-order valence-electron chi connectivity index (χ2n) is 12.5. The summed E-state index contributed by atoms with van der Waals surface area (Å²) in [6.45, 7) is 4.68. The van der Waals surface area contributed by atoms with Crippen molar-refractivity contribution in [2.45, 2.75) is 19.3 Å². The van der Waals surface area contributed by atoms with Crippen LogP contribution in [-0.2, 0) is 5.41 Å². The number of para-hydroxylation sites is 3. The lowest BCUT2D eigenvalue weighted by atomic mass is 9.82. The van der Waals surface area contributed by atoms with E-state index < -0.39 is 0 Å². The van der Waals surface area contributed by atoms with E-state index in [0.717, 1.165) is 55.5 Å². The van der Waals surface area contributed by atoms with Crippen LogP contribution in [0, 0.1) is 0 Å². The van der Waals surface area contributed by atoms with Crippen LogP contribution in [0.3, 0.4) is 0 Å². The zero-order valence-corrected chi connectivity index (χ0v) is 25.3. The minimum atomic E-state index is -0.0908. The van der Waals surface area contributed by atoms with E-state index in [4.69, 9.17) is 4.42 Å². The number of nitrogens with zero attached hydrogens (tertiary/aromatic N) is 1. The molecule has 0 fully saturated rings. The van der Waals surface area contributed by atoms with Gasteiger partial charge in [-0.05, 0) is 64.0 Å². The highest BCUT2D eigenvalue weighted by molar-refractivity contribution is 6.17. The molecule has 45 heavy (non-hydrogen) atoms. The standard InChI is InChI=1S/C43H31NO/c1-43(2)38-21-10-8-17-32(38)33-26-24-30(27-39(33)43)44(29-14-4-3-5-15-29)40-22-11-9-18-34(40)35-19-12-20-36-37-25-23-28-13-6-7-16-31(28)41(37)45-42(35)36/h3-27H,1-2H3. The van der Waals surface area contributed by atoms with Crippen LogP contribution < -0.4 is 4.90 Å². The normalized spacial score (nSPS) is 13.3. The van der Waals surface area contributed by atoms with Gasteiger partial charge in [0.2, 0.25) is 0 Å². The molecule has 0 amide bonds. The lowest BCUT2D eigenvalue weighted by Gasteiger charge is -2.29. The van der Waals surface area contributed by atoms with E-state index >= 15 is 0 Å². The average Bonchev–Trinajstić information content (AvgIpc) is 3.59. The van der Waals surface area contributed by atoms with Gasteiger partial charge in [-0.1, -0.05) is 129 Å². The molecule has 0 spiro atoms. The van der Waals surface area contributed by atoms with Gasteiger partial charge in [-0.3, -0.25) is 0 Å². The third kappa shape index (κ3) is 3.82. The molecular weight excluding hydrogens is 546 g/mol. The Hall–Kier alpha value is -5.60. The van der Waals surface area contributed by atoms with Crippen LogP contribution in [0.25, 0.3) is 55.0 Å². The molecule has 2 nitrogen and oxygen atoms in total. The van der Waals surface area contributed by atoms with Crippen LogP contribution in [0.15, 0.2) is 156 Å². The average molecular weight is 578 g/mol. The van der Waals surface area contributed by atoms with Crippen molar-refractivity contribution in [3.05, 3.63) is 163 Å². The van der Waals surface area contributed by atoms with Crippen LogP contribution in [0.1, 0.15) is 25.0 Å². The molecule has 214 valence electrons. The van der Waals surface area contributed by atoms with Crippen molar-refractivity contribution < 1.29 is 4.42 Å². The molecule has 1 aliphatic carbocycles. The zero-order valence-electron chi connectivity index (χ0n) is 25.3. The molecule has 0 saturated heterocycles. The molecular formula is C43H31NO. The summed E-state index contributed by atoms with van der Waals surface area (Å²) in [6, 6.07) is 54.6. The fourth-order valence-corrected chi connectivity index (χ4v) is 7.47. The summed E-state index contributed by atoms with van der Waals surface area (Å²) < 4.78 is 6.80. The topological polar surface area (TPSA) is 16.4 Å². The molecule has 7 aromatic carbocycles. The summed E-state index contributed by atoms with van der Waals surface area (Å²) in [7, 11) is 0. The molecule has 1 heterocycles. The van der Waals surface area contributed by atoms with E-state index in [1.165, 1.54) is 27.6 Å². The number of anilines is 3. The Morgan fingerprint density at radius 3 is 2.00 bits per heavy atom. The molecule has 0 radical (unpaired) electrons. The second-order valence-corrected chi connectivity index (χ2v) is 12.5. The van der Waals surface area contributed by atoms with Gasteiger partial charge in [-0.25, -0.2) is 0 Å². The first kappa shape index (κ1) is 25.9. The maximum Gasteiger partial charge on any atom is 0.143 e. The number of fused-ring (bicyclic) bond motifs is 8. The molecule has 0 bridgehead atoms. The SMILES string of the molecule is CC1(C)c2ccccc2-c2ccc(N(c3ccccc3)c3ccccc3-c3cccc4c3oc3c5ccccc5ccc43)cc21. The molecule has 8 aromatic rings. The van der Waals surface area contributed by atoms with Gasteiger partial charge in [0.1, 0.15) is 11.2 Å². The number of benzene rings is 7. The third-order valence-electron chi connectivity index (χ3n) is 9.66. The first-order chi connectivity index (χ1) is 22.1. The van der Waals surface area contributed by atoms with Gasteiger partial charge in [0.15, 0.2) is 0 Å². The molecule has 0 unspecified atom stereocenters. The van der Waals surface area contributed by atoms with Gasteiger partial charge in [0, 0.05) is 44.1 Å². The number of rotatable bonds is 4. The highest BCUT2D eigenvalue weighted by Crippen LogP contribution is 2.51. The fraction of sp³-hybridized carbons (Fsp3) is 0.0698. The third-order valence-corrected chi connectivity index (χ3v) is 9.66. The minimum absolute atomic E-state index is 0.0908. The van der Waals surface area contributed by atoms with Crippen molar-refractivity contribution in [1.29, 1.82) is 0 Å². The predicted molar refractivity (Wildman–Crippen MR) is 189 cm³/mol. The summed E-state index contributed by atoms with van der Waals surface area (Å²) in [6.07, 6.45) is 0. The maximum atomic E-state index is 6.80. The Kier molecular flexibility index (Phi) is 5.58. The van der Waals surface area contributed by atoms with Gasteiger partial charge in [-0.15, -0.1) is 0 Å². The first-order valence-corrected chi connectivity index (χ1v) is 15.6. The molecule has 0 N–H and O–H groups in total. The lowest BCUT2D eigenvalue weighted by Crippen LogP contribution is -2.16. The van der Waals surface area contributed by atoms with Gasteiger partial charge in [0.25, 0.3) is 0 Å². The molecule has 0 aliphatic heterocycles. The van der Waals surface area contributed by atoms with E-state index in [9.17, 15) is 0 Å². The van der Waals surface area contributed by atoms with Gasteiger partial charge >= 0.3 is 0 Å². The largest absolute Gasteiger partial charge is 0.455 e. The molecule has 1 aromatic heterocycles. The Morgan fingerprint density at radius 2 is 1.11 bits per heavy atom. The van der Waals surface area contributed by atoms with Crippen molar-refractivity contribution in [3.63, 3.8) is 0 Å². The number of hydrogen-bond donors (Lipinski definition) is 0.